The Hall–Kier alpha value is -2.95. The second kappa shape index (κ2) is 12.1. The van der Waals surface area contributed by atoms with Crippen molar-refractivity contribution in [2.24, 2.45) is 11.8 Å². The van der Waals surface area contributed by atoms with E-state index in [-0.39, 0.29) is 12.3 Å². The van der Waals surface area contributed by atoms with Gasteiger partial charge >= 0.3 is 5.97 Å². The first-order chi connectivity index (χ1) is 17.0. The minimum Gasteiger partial charge on any atom is -0.497 e. The van der Waals surface area contributed by atoms with Gasteiger partial charge in [-0.2, -0.15) is 11.3 Å². The Bertz CT molecular complexity index is 1190. The first-order valence-corrected chi connectivity index (χ1v) is 13.0. The number of aromatic nitrogens is 1. The van der Waals surface area contributed by atoms with Crippen molar-refractivity contribution in [3.8, 4) is 17.6 Å². The van der Waals surface area contributed by atoms with E-state index < -0.39 is 12.1 Å². The molecule has 1 aliphatic rings. The Morgan fingerprint density at radius 3 is 2.97 bits per heavy atom. The van der Waals surface area contributed by atoms with Crippen LogP contribution in [0.5, 0.6) is 5.75 Å². The molecule has 7 heteroatoms. The van der Waals surface area contributed by atoms with Gasteiger partial charge in [0.25, 0.3) is 0 Å². The van der Waals surface area contributed by atoms with Gasteiger partial charge in [-0.1, -0.05) is 11.8 Å². The van der Waals surface area contributed by atoms with Crippen LogP contribution in [0, 0.1) is 23.7 Å². The lowest BCUT2D eigenvalue weighted by molar-refractivity contribution is -0.137. The molecule has 1 aliphatic heterocycles. The van der Waals surface area contributed by atoms with Gasteiger partial charge in [0, 0.05) is 35.5 Å². The van der Waals surface area contributed by atoms with Crippen LogP contribution in [0.25, 0.3) is 10.9 Å². The number of carboxylic acid groups (broad SMARTS) is 1. The van der Waals surface area contributed by atoms with E-state index in [0.717, 1.165) is 42.4 Å². The highest BCUT2D eigenvalue weighted by atomic mass is 32.1. The molecule has 0 radical (unpaired) electrons. The van der Waals surface area contributed by atoms with Crippen molar-refractivity contribution in [3.05, 3.63) is 58.4 Å². The Labute approximate surface area is 209 Å². The average molecular weight is 495 g/mol. The molecule has 3 heterocycles. The SMILES string of the molecule is COc1ccc2nccc(C(F)CC[C@@H]3CCN(CC#Cc4ccsc4)C[C@@H]3CCC(=O)O)c2c1. The summed E-state index contributed by atoms with van der Waals surface area (Å²) < 4.78 is 20.8. The predicted molar refractivity (Wildman–Crippen MR) is 137 cm³/mol. The third-order valence-electron chi connectivity index (χ3n) is 6.87. The van der Waals surface area contributed by atoms with Gasteiger partial charge in [0.15, 0.2) is 0 Å². The van der Waals surface area contributed by atoms with Gasteiger partial charge in [0.2, 0.25) is 0 Å². The Morgan fingerprint density at radius 2 is 2.20 bits per heavy atom. The van der Waals surface area contributed by atoms with E-state index in [1.54, 1.807) is 30.7 Å². The van der Waals surface area contributed by atoms with E-state index in [4.69, 9.17) is 4.74 Å². The smallest absolute Gasteiger partial charge is 0.303 e. The lowest BCUT2D eigenvalue weighted by Crippen LogP contribution is -2.41. The lowest BCUT2D eigenvalue weighted by Gasteiger charge is -2.38. The van der Waals surface area contributed by atoms with E-state index in [1.165, 1.54) is 0 Å². The average Bonchev–Trinajstić information content (AvgIpc) is 3.39. The number of nitrogens with zero attached hydrogens (tertiary/aromatic N) is 2. The van der Waals surface area contributed by atoms with Crippen molar-refractivity contribution in [2.45, 2.75) is 38.3 Å². The largest absolute Gasteiger partial charge is 0.497 e. The van der Waals surface area contributed by atoms with Crippen molar-refractivity contribution < 1.29 is 19.0 Å². The van der Waals surface area contributed by atoms with E-state index >= 15 is 4.39 Å². The molecule has 2 aromatic heterocycles. The Kier molecular flexibility index (Phi) is 8.73. The molecule has 1 aromatic carbocycles. The first-order valence-electron chi connectivity index (χ1n) is 12.1. The molecule has 4 rings (SSSR count). The number of pyridine rings is 1. The number of hydrogen-bond acceptors (Lipinski definition) is 5. The first kappa shape index (κ1) is 25.2. The van der Waals surface area contributed by atoms with Gasteiger partial charge in [0.1, 0.15) is 11.9 Å². The summed E-state index contributed by atoms with van der Waals surface area (Å²) in [5, 5.41) is 14.1. The Balaban J connectivity index is 1.39. The molecular formula is C28H31FN2O3S. The maximum absolute atomic E-state index is 15.5. The van der Waals surface area contributed by atoms with Crippen LogP contribution in [-0.2, 0) is 4.79 Å². The molecule has 35 heavy (non-hydrogen) atoms. The number of aliphatic carboxylic acids is 1. The van der Waals surface area contributed by atoms with Crippen molar-refractivity contribution in [2.75, 3.05) is 26.7 Å². The summed E-state index contributed by atoms with van der Waals surface area (Å²) in [5.41, 5.74) is 2.42. The number of rotatable bonds is 9. The summed E-state index contributed by atoms with van der Waals surface area (Å²) in [4.78, 5) is 17.9. The molecule has 3 aromatic rings. The number of alkyl halides is 1. The van der Waals surface area contributed by atoms with Crippen molar-refractivity contribution in [1.29, 1.82) is 0 Å². The van der Waals surface area contributed by atoms with E-state index in [2.05, 4.69) is 21.7 Å². The molecule has 1 unspecified atom stereocenters. The second-order valence-corrected chi connectivity index (χ2v) is 9.90. The molecule has 3 atom stereocenters. The number of fused-ring (bicyclic) bond motifs is 1. The van der Waals surface area contributed by atoms with Crippen LogP contribution in [0.1, 0.15) is 49.4 Å². The second-order valence-electron chi connectivity index (χ2n) is 9.12. The minimum absolute atomic E-state index is 0.142. The monoisotopic (exact) mass is 494 g/mol. The number of piperidine rings is 1. The summed E-state index contributed by atoms with van der Waals surface area (Å²) >= 11 is 1.63. The fourth-order valence-electron chi connectivity index (χ4n) is 4.97. The maximum atomic E-state index is 15.5. The molecule has 0 spiro atoms. The highest BCUT2D eigenvalue weighted by Gasteiger charge is 2.30. The third-order valence-corrected chi connectivity index (χ3v) is 7.56. The van der Waals surface area contributed by atoms with Crippen LogP contribution in [0.3, 0.4) is 0 Å². The highest BCUT2D eigenvalue weighted by Crippen LogP contribution is 2.36. The maximum Gasteiger partial charge on any atom is 0.303 e. The zero-order chi connectivity index (χ0) is 24.6. The van der Waals surface area contributed by atoms with Gasteiger partial charge in [-0.3, -0.25) is 14.7 Å². The summed E-state index contributed by atoms with van der Waals surface area (Å²) in [6, 6.07) is 9.29. The highest BCUT2D eigenvalue weighted by molar-refractivity contribution is 7.08. The van der Waals surface area contributed by atoms with Crippen molar-refractivity contribution in [3.63, 3.8) is 0 Å². The van der Waals surface area contributed by atoms with E-state index in [9.17, 15) is 9.90 Å². The number of carboxylic acids is 1. The van der Waals surface area contributed by atoms with Crippen molar-refractivity contribution in [1.82, 2.24) is 9.88 Å². The van der Waals surface area contributed by atoms with Crippen LogP contribution in [-0.4, -0.2) is 47.7 Å². The van der Waals surface area contributed by atoms with Crippen LogP contribution in [0.15, 0.2) is 47.3 Å². The number of ether oxygens (including phenoxy) is 1. The third kappa shape index (κ3) is 6.81. The summed E-state index contributed by atoms with van der Waals surface area (Å²) in [6.07, 6.45) is 3.37. The van der Waals surface area contributed by atoms with Gasteiger partial charge in [0.05, 0.1) is 19.2 Å². The van der Waals surface area contributed by atoms with Crippen LogP contribution in [0.2, 0.25) is 0 Å². The number of likely N-dealkylation sites (tertiary alicyclic amines) is 1. The molecule has 0 aliphatic carbocycles. The van der Waals surface area contributed by atoms with Gasteiger partial charge < -0.3 is 9.84 Å². The summed E-state index contributed by atoms with van der Waals surface area (Å²) in [5.74, 6) is 6.87. The number of halogens is 1. The molecule has 0 amide bonds. The molecular weight excluding hydrogens is 463 g/mol. The van der Waals surface area contributed by atoms with Gasteiger partial charge in [-0.05, 0) is 85.3 Å². The predicted octanol–water partition coefficient (Wildman–Crippen LogP) is 5.95. The molecule has 0 bridgehead atoms. The molecule has 1 fully saturated rings. The number of thiophene rings is 1. The number of carbonyl (C=O) groups is 1. The normalized spacial score (nSPS) is 19.1. The van der Waals surface area contributed by atoms with Crippen LogP contribution >= 0.6 is 11.3 Å². The number of hydrogen-bond donors (Lipinski definition) is 1. The van der Waals surface area contributed by atoms with Gasteiger partial charge in [-0.15, -0.1) is 0 Å². The zero-order valence-electron chi connectivity index (χ0n) is 20.0. The van der Waals surface area contributed by atoms with Gasteiger partial charge in [-0.25, -0.2) is 4.39 Å². The molecule has 184 valence electrons. The van der Waals surface area contributed by atoms with E-state index in [1.807, 2.05) is 35.0 Å². The topological polar surface area (TPSA) is 62.7 Å². The minimum atomic E-state index is -1.11. The van der Waals surface area contributed by atoms with Crippen LogP contribution < -0.4 is 4.74 Å². The molecule has 5 nitrogen and oxygen atoms in total. The fraction of sp³-hybridized carbons (Fsp3) is 0.429. The summed E-state index contributed by atoms with van der Waals surface area (Å²) in [7, 11) is 1.60. The standard InChI is InChI=1S/C28H31FN2O3S/c1-34-23-6-8-27-25(17-23)24(10-13-30-27)26(29)7-4-21-11-15-31(18-22(21)5-9-28(32)33)14-2-3-20-12-16-35-19-20/h6,8,10,12-13,16-17,19,21-22,26H,4-5,7,9,11,14-15,18H2,1H3,(H,32,33)/t21-,22+,26?/m1/s1. The molecule has 1 N–H and O–H groups in total. The van der Waals surface area contributed by atoms with Crippen LogP contribution in [0.4, 0.5) is 4.39 Å². The van der Waals surface area contributed by atoms with E-state index in [0.29, 0.717) is 36.6 Å². The lowest BCUT2D eigenvalue weighted by atomic mass is 9.79. The number of benzene rings is 1. The number of methoxy groups -OCH3 is 1. The zero-order valence-corrected chi connectivity index (χ0v) is 20.8. The Morgan fingerprint density at radius 1 is 1.31 bits per heavy atom. The fourth-order valence-corrected chi connectivity index (χ4v) is 5.56. The van der Waals surface area contributed by atoms with Crippen molar-refractivity contribution >= 4 is 28.2 Å². The molecule has 0 saturated carbocycles. The quantitative estimate of drug-likeness (QED) is 0.373. The summed E-state index contributed by atoms with van der Waals surface area (Å²) in [6.45, 7) is 2.38. The molecule has 1 saturated heterocycles.